The zero-order valence-electron chi connectivity index (χ0n) is 6.23. The molecule has 3 N–H and O–H groups in total. The first-order valence-corrected chi connectivity index (χ1v) is 3.23. The van der Waals surface area contributed by atoms with Gasteiger partial charge in [-0.05, 0) is 14.0 Å². The zero-order chi connectivity index (χ0) is 7.61. The average molecular weight is 140 g/mol. The Hall–Kier alpha value is -0.900. The van der Waals surface area contributed by atoms with Crippen molar-refractivity contribution in [3.05, 3.63) is 0 Å². The van der Waals surface area contributed by atoms with Crippen LogP contribution in [-0.2, 0) is 0 Å². The van der Waals surface area contributed by atoms with E-state index in [-0.39, 0.29) is 11.5 Å². The second kappa shape index (κ2) is 2.38. The molecule has 1 unspecified atom stereocenters. The van der Waals surface area contributed by atoms with Gasteiger partial charge in [0.2, 0.25) is 5.96 Å². The van der Waals surface area contributed by atoms with Gasteiger partial charge in [0.1, 0.15) is 0 Å². The van der Waals surface area contributed by atoms with Crippen LogP contribution in [0.15, 0.2) is 4.99 Å². The van der Waals surface area contributed by atoms with Crippen LogP contribution in [0.1, 0.15) is 6.92 Å². The minimum absolute atomic E-state index is 0.0927. The second-order valence-electron chi connectivity index (χ2n) is 2.63. The van der Waals surface area contributed by atoms with Crippen LogP contribution < -0.4 is 10.6 Å². The highest BCUT2D eigenvalue weighted by Gasteiger charge is 2.22. The summed E-state index contributed by atoms with van der Waals surface area (Å²) in [5.74, 6) is 0.243. The zero-order valence-corrected chi connectivity index (χ0v) is 6.23. The highest BCUT2D eigenvalue weighted by Crippen LogP contribution is 2.00. The molecule has 0 amide bonds. The number of rotatable bonds is 1. The van der Waals surface area contributed by atoms with Crippen LogP contribution in [-0.4, -0.2) is 31.3 Å². The first-order chi connectivity index (χ1) is 4.66. The maximum absolute atomic E-state index is 7.10. The van der Waals surface area contributed by atoms with E-state index < -0.39 is 0 Å². The van der Waals surface area contributed by atoms with Crippen molar-refractivity contribution in [3.8, 4) is 0 Å². The van der Waals surface area contributed by atoms with Crippen molar-refractivity contribution in [2.24, 2.45) is 4.99 Å². The maximum Gasteiger partial charge on any atom is 0.214 e. The third kappa shape index (κ3) is 1.33. The number of aliphatic imine (C=N–C) groups is 1. The van der Waals surface area contributed by atoms with Crippen LogP contribution in [0.25, 0.3) is 0 Å². The Labute approximate surface area is 60.2 Å². The molecule has 1 atom stereocenters. The van der Waals surface area contributed by atoms with Gasteiger partial charge in [-0.3, -0.25) is 5.41 Å². The smallest absolute Gasteiger partial charge is 0.214 e. The number of likely N-dealkylation sites (N-methyl/N-ethyl adjacent to an activating group) is 1. The lowest BCUT2D eigenvalue weighted by Crippen LogP contribution is -2.53. The van der Waals surface area contributed by atoms with Gasteiger partial charge in [0.05, 0.1) is 5.54 Å². The Balaban J connectivity index is 2.68. The molecule has 1 aliphatic heterocycles. The van der Waals surface area contributed by atoms with E-state index in [9.17, 15) is 0 Å². The van der Waals surface area contributed by atoms with Crippen molar-refractivity contribution in [2.45, 2.75) is 12.5 Å². The summed E-state index contributed by atoms with van der Waals surface area (Å²) < 4.78 is 0. The highest BCUT2D eigenvalue weighted by atomic mass is 15.2. The van der Waals surface area contributed by atoms with E-state index in [0.29, 0.717) is 0 Å². The summed E-state index contributed by atoms with van der Waals surface area (Å²) >= 11 is 0. The standard InChI is InChI=1S/C6H12N4/c1-6(8-2)3-9-5(7)10-4-6/h3,8H,4H2,1-2H3,(H2,7,10). The molecule has 0 aliphatic carbocycles. The van der Waals surface area contributed by atoms with Gasteiger partial charge in [0, 0.05) is 12.8 Å². The molecule has 4 heteroatoms. The molecule has 0 fully saturated rings. The fraction of sp³-hybridized carbons (Fsp3) is 0.667. The van der Waals surface area contributed by atoms with Crippen molar-refractivity contribution >= 4 is 12.2 Å². The SMILES string of the molecule is CNC1(C)C=NC(=N)NC1. The molecule has 1 aliphatic rings. The van der Waals surface area contributed by atoms with E-state index >= 15 is 0 Å². The van der Waals surface area contributed by atoms with Gasteiger partial charge in [-0.25, -0.2) is 4.99 Å². The van der Waals surface area contributed by atoms with Gasteiger partial charge in [0.15, 0.2) is 0 Å². The fourth-order valence-corrected chi connectivity index (χ4v) is 0.719. The van der Waals surface area contributed by atoms with Gasteiger partial charge in [-0.15, -0.1) is 0 Å². The van der Waals surface area contributed by atoms with E-state index in [4.69, 9.17) is 5.41 Å². The van der Waals surface area contributed by atoms with E-state index in [1.54, 1.807) is 6.21 Å². The minimum Gasteiger partial charge on any atom is -0.352 e. The molecular formula is C6H12N4. The number of nitrogens with zero attached hydrogens (tertiary/aromatic N) is 1. The molecule has 0 aromatic carbocycles. The van der Waals surface area contributed by atoms with Crippen molar-refractivity contribution in [1.29, 1.82) is 5.41 Å². The quantitative estimate of drug-likeness (QED) is 0.463. The molecule has 0 spiro atoms. The van der Waals surface area contributed by atoms with E-state index in [2.05, 4.69) is 15.6 Å². The molecule has 0 saturated heterocycles. The molecule has 0 aromatic heterocycles. The Morgan fingerprint density at radius 3 is 3.00 bits per heavy atom. The lowest BCUT2D eigenvalue weighted by atomic mass is 10.0. The monoisotopic (exact) mass is 140 g/mol. The summed E-state index contributed by atoms with van der Waals surface area (Å²) in [6, 6.07) is 0. The van der Waals surface area contributed by atoms with Crippen LogP contribution in [0.3, 0.4) is 0 Å². The summed E-state index contributed by atoms with van der Waals surface area (Å²) in [7, 11) is 1.88. The summed E-state index contributed by atoms with van der Waals surface area (Å²) in [6.45, 7) is 2.75. The Bertz CT molecular complexity index is 175. The first-order valence-electron chi connectivity index (χ1n) is 3.23. The van der Waals surface area contributed by atoms with Crippen LogP contribution in [0, 0.1) is 5.41 Å². The van der Waals surface area contributed by atoms with E-state index in [0.717, 1.165) is 6.54 Å². The highest BCUT2D eigenvalue weighted by molar-refractivity contribution is 5.91. The predicted molar refractivity (Wildman–Crippen MR) is 41.7 cm³/mol. The van der Waals surface area contributed by atoms with Crippen molar-refractivity contribution < 1.29 is 0 Å². The first kappa shape index (κ1) is 7.21. The summed E-state index contributed by atoms with van der Waals surface area (Å²) in [5, 5.41) is 13.0. The Kier molecular flexibility index (Phi) is 1.72. The predicted octanol–water partition coefficient (Wildman–Crippen LogP) is -0.427. The van der Waals surface area contributed by atoms with Crippen molar-refractivity contribution in [3.63, 3.8) is 0 Å². The lowest BCUT2D eigenvalue weighted by Gasteiger charge is -2.28. The molecule has 56 valence electrons. The number of nitrogens with one attached hydrogen (secondary N) is 3. The maximum atomic E-state index is 7.10. The van der Waals surface area contributed by atoms with E-state index in [1.807, 2.05) is 14.0 Å². The van der Waals surface area contributed by atoms with Crippen molar-refractivity contribution in [2.75, 3.05) is 13.6 Å². The van der Waals surface area contributed by atoms with Gasteiger partial charge in [0.25, 0.3) is 0 Å². The van der Waals surface area contributed by atoms with Gasteiger partial charge >= 0.3 is 0 Å². The molecule has 1 rings (SSSR count). The second-order valence-corrected chi connectivity index (χ2v) is 2.63. The Morgan fingerprint density at radius 2 is 2.60 bits per heavy atom. The lowest BCUT2D eigenvalue weighted by molar-refractivity contribution is 0.503. The van der Waals surface area contributed by atoms with Crippen LogP contribution in [0.2, 0.25) is 0 Å². The molecule has 4 nitrogen and oxygen atoms in total. The summed E-state index contributed by atoms with van der Waals surface area (Å²) in [4.78, 5) is 3.84. The summed E-state index contributed by atoms with van der Waals surface area (Å²) in [5.41, 5.74) is -0.0927. The normalized spacial score (nSPS) is 32.0. The Morgan fingerprint density at radius 1 is 1.90 bits per heavy atom. The summed E-state index contributed by atoms with van der Waals surface area (Å²) in [6.07, 6.45) is 1.76. The molecule has 1 heterocycles. The fourth-order valence-electron chi connectivity index (χ4n) is 0.719. The van der Waals surface area contributed by atoms with E-state index in [1.165, 1.54) is 0 Å². The van der Waals surface area contributed by atoms with Gasteiger partial charge in [-0.1, -0.05) is 0 Å². The third-order valence-electron chi connectivity index (χ3n) is 1.67. The molecule has 10 heavy (non-hydrogen) atoms. The van der Waals surface area contributed by atoms with Crippen molar-refractivity contribution in [1.82, 2.24) is 10.6 Å². The topological polar surface area (TPSA) is 60.3 Å². The van der Waals surface area contributed by atoms with Gasteiger partial charge < -0.3 is 10.6 Å². The van der Waals surface area contributed by atoms with Crippen LogP contribution in [0.4, 0.5) is 0 Å². The third-order valence-corrected chi connectivity index (χ3v) is 1.67. The molecular weight excluding hydrogens is 128 g/mol. The minimum atomic E-state index is -0.0927. The molecule has 0 bridgehead atoms. The average Bonchev–Trinajstić information content (AvgIpc) is 1.96. The number of hydrogen-bond acceptors (Lipinski definition) is 2. The van der Waals surface area contributed by atoms with Gasteiger partial charge in [-0.2, -0.15) is 0 Å². The van der Waals surface area contributed by atoms with Crippen LogP contribution in [0.5, 0.6) is 0 Å². The largest absolute Gasteiger partial charge is 0.352 e. The molecule has 0 saturated carbocycles. The molecule has 0 radical (unpaired) electrons. The number of hydrogen-bond donors (Lipinski definition) is 3. The molecule has 0 aromatic rings. The van der Waals surface area contributed by atoms with Crippen LogP contribution >= 0.6 is 0 Å². The number of guanidine groups is 1.